The summed E-state index contributed by atoms with van der Waals surface area (Å²) in [5, 5.41) is 7.17. The summed E-state index contributed by atoms with van der Waals surface area (Å²) in [5.74, 6) is 0.899. The first-order valence-electron chi connectivity index (χ1n) is 8.25. The Morgan fingerprint density at radius 2 is 2.05 bits per heavy atom. The second kappa shape index (κ2) is 9.11. The minimum absolute atomic E-state index is 0. The number of benzene rings is 1. The molecule has 1 aromatic carbocycles. The number of nitrogens with one attached hydrogen (secondary N) is 2. The Bertz CT molecular complexity index is 451. The minimum atomic E-state index is 0. The van der Waals surface area contributed by atoms with Gasteiger partial charge in [0.25, 0.3) is 0 Å². The van der Waals surface area contributed by atoms with Crippen molar-refractivity contribution >= 4 is 34.0 Å². The lowest BCUT2D eigenvalue weighted by atomic mass is 9.96. The molecule has 1 aromatic rings. The summed E-state index contributed by atoms with van der Waals surface area (Å²) in [5.41, 5.74) is 1.23. The van der Waals surface area contributed by atoms with Crippen LogP contribution in [0, 0.1) is 5.92 Å². The van der Waals surface area contributed by atoms with Crippen LogP contribution in [0.25, 0.3) is 0 Å². The highest BCUT2D eigenvalue weighted by atomic mass is 79.9. The lowest BCUT2D eigenvalue weighted by Gasteiger charge is -2.36. The fraction of sp³-hybridized carbons (Fsp3) is 0.647. The van der Waals surface area contributed by atoms with E-state index in [0.717, 1.165) is 10.4 Å². The molecule has 2 saturated heterocycles. The lowest BCUT2D eigenvalue weighted by molar-refractivity contribution is 0.169. The molecule has 1 unspecified atom stereocenters. The van der Waals surface area contributed by atoms with E-state index in [4.69, 9.17) is 0 Å². The maximum Gasteiger partial charge on any atom is 0.0388 e. The van der Waals surface area contributed by atoms with E-state index in [9.17, 15) is 0 Å². The van der Waals surface area contributed by atoms with Gasteiger partial charge in [-0.05, 0) is 69.4 Å². The third kappa shape index (κ3) is 5.41. The summed E-state index contributed by atoms with van der Waals surface area (Å²) >= 11 is 3.55. The van der Waals surface area contributed by atoms with Gasteiger partial charge in [-0.3, -0.25) is 0 Å². The predicted octanol–water partition coefficient (Wildman–Crippen LogP) is 3.75. The smallest absolute Gasteiger partial charge is 0.0388 e. The molecule has 22 heavy (non-hydrogen) atoms. The van der Waals surface area contributed by atoms with Gasteiger partial charge in [-0.2, -0.15) is 0 Å². The van der Waals surface area contributed by atoms with Crippen LogP contribution in [0.1, 0.15) is 25.7 Å². The molecule has 3 rings (SSSR count). The van der Waals surface area contributed by atoms with Crippen molar-refractivity contribution in [1.82, 2.24) is 10.2 Å². The van der Waals surface area contributed by atoms with Crippen LogP contribution in [0.15, 0.2) is 28.7 Å². The zero-order valence-electron chi connectivity index (χ0n) is 13.1. The van der Waals surface area contributed by atoms with Crippen LogP contribution in [0.4, 0.5) is 5.69 Å². The molecule has 0 aromatic heterocycles. The molecule has 3 nitrogen and oxygen atoms in total. The molecule has 0 bridgehead atoms. The van der Waals surface area contributed by atoms with Gasteiger partial charge in [0.1, 0.15) is 0 Å². The summed E-state index contributed by atoms with van der Waals surface area (Å²) in [6.07, 6.45) is 5.30. The first-order chi connectivity index (χ1) is 10.3. The Kier molecular flexibility index (Phi) is 7.48. The molecule has 2 aliphatic rings. The Balaban J connectivity index is 0.00000176. The van der Waals surface area contributed by atoms with Crippen molar-refractivity contribution in [2.45, 2.75) is 31.7 Å². The van der Waals surface area contributed by atoms with E-state index in [2.05, 4.69) is 55.7 Å². The normalized spacial score (nSPS) is 23.8. The molecule has 2 heterocycles. The molecule has 0 radical (unpaired) electrons. The molecule has 2 N–H and O–H groups in total. The van der Waals surface area contributed by atoms with Crippen LogP contribution in [0.3, 0.4) is 0 Å². The fourth-order valence-electron chi connectivity index (χ4n) is 3.58. The highest BCUT2D eigenvalue weighted by Gasteiger charge is 2.23. The van der Waals surface area contributed by atoms with Crippen molar-refractivity contribution in [3.63, 3.8) is 0 Å². The Morgan fingerprint density at radius 3 is 2.82 bits per heavy atom. The molecule has 0 spiro atoms. The molecule has 0 aliphatic carbocycles. The highest BCUT2D eigenvalue weighted by Crippen LogP contribution is 2.21. The van der Waals surface area contributed by atoms with Crippen LogP contribution >= 0.6 is 28.3 Å². The number of hydrogen-bond acceptors (Lipinski definition) is 3. The Morgan fingerprint density at radius 1 is 1.23 bits per heavy atom. The monoisotopic (exact) mass is 387 g/mol. The van der Waals surface area contributed by atoms with Crippen LogP contribution in [0.5, 0.6) is 0 Å². The van der Waals surface area contributed by atoms with E-state index in [1.165, 1.54) is 64.1 Å². The SMILES string of the molecule is Brc1cccc(NC2CCCN(CC3CCNCC3)C2)c1.Cl. The molecule has 1 atom stereocenters. The summed E-state index contributed by atoms with van der Waals surface area (Å²) in [6.45, 7) is 6.17. The quantitative estimate of drug-likeness (QED) is 0.822. The molecule has 0 saturated carbocycles. The molecular formula is C17H27BrClN3. The zero-order chi connectivity index (χ0) is 14.5. The van der Waals surface area contributed by atoms with E-state index in [1.807, 2.05) is 0 Å². The summed E-state index contributed by atoms with van der Waals surface area (Å²) in [7, 11) is 0. The third-order valence-electron chi connectivity index (χ3n) is 4.68. The minimum Gasteiger partial charge on any atom is -0.381 e. The van der Waals surface area contributed by atoms with Gasteiger partial charge >= 0.3 is 0 Å². The number of nitrogens with zero attached hydrogens (tertiary/aromatic N) is 1. The first-order valence-corrected chi connectivity index (χ1v) is 9.04. The molecule has 0 amide bonds. The maximum atomic E-state index is 3.70. The van der Waals surface area contributed by atoms with E-state index in [0.29, 0.717) is 6.04 Å². The average molecular weight is 389 g/mol. The van der Waals surface area contributed by atoms with Crippen LogP contribution in [0.2, 0.25) is 0 Å². The zero-order valence-corrected chi connectivity index (χ0v) is 15.5. The molecule has 124 valence electrons. The number of hydrogen-bond donors (Lipinski definition) is 2. The predicted molar refractivity (Wildman–Crippen MR) is 100 cm³/mol. The van der Waals surface area contributed by atoms with Gasteiger partial charge in [-0.25, -0.2) is 0 Å². The largest absolute Gasteiger partial charge is 0.381 e. The van der Waals surface area contributed by atoms with E-state index >= 15 is 0 Å². The maximum absolute atomic E-state index is 3.70. The van der Waals surface area contributed by atoms with Gasteiger partial charge in [0.05, 0.1) is 0 Å². The van der Waals surface area contributed by atoms with E-state index in [1.54, 1.807) is 0 Å². The number of piperidine rings is 2. The average Bonchev–Trinajstić information content (AvgIpc) is 2.49. The standard InChI is InChI=1S/C17H26BrN3.ClH/c18-15-3-1-4-16(11-15)20-17-5-2-10-21(13-17)12-14-6-8-19-9-7-14;/h1,3-4,11,14,17,19-20H,2,5-10,12-13H2;1H. The third-order valence-corrected chi connectivity index (χ3v) is 5.17. The summed E-state index contributed by atoms with van der Waals surface area (Å²) < 4.78 is 1.15. The van der Waals surface area contributed by atoms with Crippen molar-refractivity contribution in [1.29, 1.82) is 0 Å². The second-order valence-electron chi connectivity index (χ2n) is 6.45. The Labute approximate surface area is 148 Å². The van der Waals surface area contributed by atoms with E-state index < -0.39 is 0 Å². The Hall–Kier alpha value is -0.290. The molecule has 2 fully saturated rings. The van der Waals surface area contributed by atoms with Crippen molar-refractivity contribution < 1.29 is 0 Å². The van der Waals surface area contributed by atoms with Crippen molar-refractivity contribution in [2.24, 2.45) is 5.92 Å². The van der Waals surface area contributed by atoms with Crippen LogP contribution in [-0.4, -0.2) is 43.7 Å². The second-order valence-corrected chi connectivity index (χ2v) is 7.36. The van der Waals surface area contributed by atoms with Crippen molar-refractivity contribution in [3.05, 3.63) is 28.7 Å². The summed E-state index contributed by atoms with van der Waals surface area (Å²) in [4.78, 5) is 2.68. The number of anilines is 1. The van der Waals surface area contributed by atoms with Gasteiger partial charge in [-0.1, -0.05) is 22.0 Å². The van der Waals surface area contributed by atoms with Gasteiger partial charge in [0.2, 0.25) is 0 Å². The number of halogens is 2. The first kappa shape index (κ1) is 18.1. The molecule has 2 aliphatic heterocycles. The topological polar surface area (TPSA) is 27.3 Å². The van der Waals surface area contributed by atoms with Gasteiger partial charge in [0, 0.05) is 29.3 Å². The van der Waals surface area contributed by atoms with Gasteiger partial charge in [0.15, 0.2) is 0 Å². The van der Waals surface area contributed by atoms with Crippen LogP contribution in [-0.2, 0) is 0 Å². The van der Waals surface area contributed by atoms with Gasteiger partial charge < -0.3 is 15.5 Å². The molecular weight excluding hydrogens is 362 g/mol. The molecule has 5 heteroatoms. The lowest BCUT2D eigenvalue weighted by Crippen LogP contribution is -2.45. The fourth-order valence-corrected chi connectivity index (χ4v) is 3.98. The number of rotatable bonds is 4. The number of likely N-dealkylation sites (tertiary alicyclic amines) is 1. The van der Waals surface area contributed by atoms with E-state index in [-0.39, 0.29) is 12.4 Å². The van der Waals surface area contributed by atoms with Crippen molar-refractivity contribution in [3.8, 4) is 0 Å². The summed E-state index contributed by atoms with van der Waals surface area (Å²) in [6, 6.07) is 9.11. The van der Waals surface area contributed by atoms with Crippen molar-refractivity contribution in [2.75, 3.05) is 38.0 Å². The highest BCUT2D eigenvalue weighted by molar-refractivity contribution is 9.10. The van der Waals surface area contributed by atoms with Crippen LogP contribution < -0.4 is 10.6 Å². The van der Waals surface area contributed by atoms with Gasteiger partial charge in [-0.15, -0.1) is 12.4 Å².